The maximum Gasteiger partial charge on any atom is 0.261 e. The Bertz CT molecular complexity index is 669. The van der Waals surface area contributed by atoms with Crippen LogP contribution in [0.25, 0.3) is 0 Å². The third kappa shape index (κ3) is 3.75. The van der Waals surface area contributed by atoms with Crippen LogP contribution in [0.5, 0.6) is 5.75 Å². The Morgan fingerprint density at radius 3 is 2.83 bits per heavy atom. The number of para-hydroxylation sites is 1. The van der Waals surface area contributed by atoms with Crippen molar-refractivity contribution in [2.75, 3.05) is 13.2 Å². The van der Waals surface area contributed by atoms with Crippen molar-refractivity contribution in [1.29, 1.82) is 0 Å². The number of carbonyl (C=O) groups excluding carboxylic acids is 1. The van der Waals surface area contributed by atoms with Gasteiger partial charge in [-0.25, -0.2) is 0 Å². The zero-order valence-corrected chi connectivity index (χ0v) is 14.1. The van der Waals surface area contributed by atoms with Crippen LogP contribution in [0, 0.1) is 0 Å². The van der Waals surface area contributed by atoms with Gasteiger partial charge in [0.25, 0.3) is 5.91 Å². The van der Waals surface area contributed by atoms with Gasteiger partial charge in [0.2, 0.25) is 5.89 Å². The molecule has 0 radical (unpaired) electrons. The van der Waals surface area contributed by atoms with E-state index in [4.69, 9.17) is 9.26 Å². The van der Waals surface area contributed by atoms with Gasteiger partial charge in [-0.3, -0.25) is 4.79 Å². The van der Waals surface area contributed by atoms with Gasteiger partial charge in [-0.1, -0.05) is 37.2 Å². The van der Waals surface area contributed by atoms with Crippen molar-refractivity contribution >= 4 is 5.91 Å². The quantitative estimate of drug-likeness (QED) is 0.841. The number of piperidine rings is 1. The number of carbonyl (C=O) groups is 1. The van der Waals surface area contributed by atoms with Gasteiger partial charge >= 0.3 is 0 Å². The first kappa shape index (κ1) is 16.5. The minimum absolute atomic E-state index is 0.0195. The molecule has 1 atom stereocenters. The summed E-state index contributed by atoms with van der Waals surface area (Å²) in [5.74, 6) is 2.07. The fourth-order valence-electron chi connectivity index (χ4n) is 2.85. The zero-order chi connectivity index (χ0) is 16.9. The highest BCUT2D eigenvalue weighted by Crippen LogP contribution is 2.30. The minimum Gasteiger partial charge on any atom is -0.484 e. The summed E-state index contributed by atoms with van der Waals surface area (Å²) in [6.45, 7) is 4.75. The predicted octanol–water partition coefficient (Wildman–Crippen LogP) is 3.33. The summed E-state index contributed by atoms with van der Waals surface area (Å²) in [4.78, 5) is 18.9. The van der Waals surface area contributed by atoms with Crippen molar-refractivity contribution in [2.24, 2.45) is 0 Å². The van der Waals surface area contributed by atoms with E-state index in [2.05, 4.69) is 10.1 Å². The molecule has 6 heteroatoms. The molecule has 0 spiro atoms. The van der Waals surface area contributed by atoms with E-state index in [0.717, 1.165) is 19.3 Å². The van der Waals surface area contributed by atoms with E-state index in [-0.39, 0.29) is 24.5 Å². The van der Waals surface area contributed by atoms with Crippen LogP contribution in [-0.4, -0.2) is 34.1 Å². The van der Waals surface area contributed by atoms with E-state index in [1.165, 1.54) is 0 Å². The summed E-state index contributed by atoms with van der Waals surface area (Å²) in [5, 5.41) is 4.02. The topological polar surface area (TPSA) is 68.5 Å². The molecule has 24 heavy (non-hydrogen) atoms. The summed E-state index contributed by atoms with van der Waals surface area (Å²) in [5.41, 5.74) is 0. The molecule has 2 heterocycles. The van der Waals surface area contributed by atoms with Crippen molar-refractivity contribution in [1.82, 2.24) is 15.0 Å². The van der Waals surface area contributed by atoms with Gasteiger partial charge in [0, 0.05) is 12.5 Å². The number of amides is 1. The Hall–Kier alpha value is -2.37. The van der Waals surface area contributed by atoms with Crippen LogP contribution < -0.4 is 4.74 Å². The lowest BCUT2D eigenvalue weighted by atomic mass is 10.0. The van der Waals surface area contributed by atoms with Crippen molar-refractivity contribution in [2.45, 2.75) is 45.1 Å². The second-order valence-corrected chi connectivity index (χ2v) is 6.35. The van der Waals surface area contributed by atoms with Gasteiger partial charge in [-0.2, -0.15) is 4.98 Å². The molecule has 1 fully saturated rings. The van der Waals surface area contributed by atoms with E-state index < -0.39 is 0 Å². The third-order valence-electron chi connectivity index (χ3n) is 4.19. The average molecular weight is 329 g/mol. The van der Waals surface area contributed by atoms with Crippen LogP contribution in [0.2, 0.25) is 0 Å². The Balaban J connectivity index is 1.68. The standard InChI is InChI=1S/C18H23N3O3/c1-13(2)17-19-18(24-20-17)15-10-6-7-11-21(15)16(22)12-23-14-8-4-3-5-9-14/h3-5,8-9,13,15H,6-7,10-12H2,1-2H3/t15-/m1/s1. The Morgan fingerprint density at radius 1 is 1.33 bits per heavy atom. The summed E-state index contributed by atoms with van der Waals surface area (Å²) in [6, 6.07) is 9.22. The van der Waals surface area contributed by atoms with Gasteiger partial charge in [0.1, 0.15) is 11.8 Å². The lowest BCUT2D eigenvalue weighted by molar-refractivity contribution is -0.138. The zero-order valence-electron chi connectivity index (χ0n) is 14.1. The van der Waals surface area contributed by atoms with Gasteiger partial charge in [-0.05, 0) is 31.4 Å². The van der Waals surface area contributed by atoms with Gasteiger partial charge in [-0.15, -0.1) is 0 Å². The highest BCUT2D eigenvalue weighted by molar-refractivity contribution is 5.78. The van der Waals surface area contributed by atoms with Crippen molar-refractivity contribution in [3.63, 3.8) is 0 Å². The third-order valence-corrected chi connectivity index (χ3v) is 4.19. The molecular weight excluding hydrogens is 306 g/mol. The SMILES string of the molecule is CC(C)c1noc([C@H]2CCCCN2C(=O)COc2ccccc2)n1. The van der Waals surface area contributed by atoms with Crippen molar-refractivity contribution < 1.29 is 14.1 Å². The van der Waals surface area contributed by atoms with E-state index in [0.29, 0.717) is 24.0 Å². The molecular formula is C18H23N3O3. The maximum atomic E-state index is 12.6. The Kier molecular flexibility index (Phi) is 5.13. The molecule has 1 aromatic carbocycles. The number of ether oxygens (including phenoxy) is 1. The molecule has 0 aliphatic carbocycles. The van der Waals surface area contributed by atoms with Crippen molar-refractivity contribution in [3.8, 4) is 5.75 Å². The first-order valence-corrected chi connectivity index (χ1v) is 8.46. The van der Waals surface area contributed by atoms with E-state index in [1.54, 1.807) is 0 Å². The van der Waals surface area contributed by atoms with Crippen LogP contribution in [-0.2, 0) is 4.79 Å². The van der Waals surface area contributed by atoms with Gasteiger partial charge in [0.05, 0.1) is 0 Å². The van der Waals surface area contributed by atoms with Crippen molar-refractivity contribution in [3.05, 3.63) is 42.0 Å². The molecule has 1 amide bonds. The normalized spacial score (nSPS) is 18.0. The second-order valence-electron chi connectivity index (χ2n) is 6.35. The fourth-order valence-corrected chi connectivity index (χ4v) is 2.85. The molecule has 128 valence electrons. The molecule has 0 bridgehead atoms. The number of likely N-dealkylation sites (tertiary alicyclic amines) is 1. The summed E-state index contributed by atoms with van der Waals surface area (Å²) in [7, 11) is 0. The van der Waals surface area contributed by atoms with Crippen LogP contribution in [0.3, 0.4) is 0 Å². The number of aromatic nitrogens is 2. The lowest BCUT2D eigenvalue weighted by Gasteiger charge is -2.33. The molecule has 6 nitrogen and oxygen atoms in total. The Labute approximate surface area is 141 Å². The monoisotopic (exact) mass is 329 g/mol. The second kappa shape index (κ2) is 7.47. The molecule has 2 aromatic rings. The maximum absolute atomic E-state index is 12.6. The average Bonchev–Trinajstić information content (AvgIpc) is 3.11. The summed E-state index contributed by atoms with van der Waals surface area (Å²) >= 11 is 0. The molecule has 0 saturated carbocycles. The van der Waals surface area contributed by atoms with Crippen LogP contribution >= 0.6 is 0 Å². The van der Waals surface area contributed by atoms with E-state index >= 15 is 0 Å². The molecule has 1 aliphatic heterocycles. The smallest absolute Gasteiger partial charge is 0.261 e. The highest BCUT2D eigenvalue weighted by Gasteiger charge is 2.32. The summed E-state index contributed by atoms with van der Waals surface area (Å²) < 4.78 is 11.0. The van der Waals surface area contributed by atoms with E-state index in [9.17, 15) is 4.79 Å². The molecule has 1 aromatic heterocycles. The number of nitrogens with zero attached hydrogens (tertiary/aromatic N) is 3. The Morgan fingerprint density at radius 2 is 2.12 bits per heavy atom. The number of hydrogen-bond acceptors (Lipinski definition) is 5. The summed E-state index contributed by atoms with van der Waals surface area (Å²) in [6.07, 6.45) is 2.88. The highest BCUT2D eigenvalue weighted by atomic mass is 16.5. The molecule has 1 saturated heterocycles. The number of benzene rings is 1. The lowest BCUT2D eigenvalue weighted by Crippen LogP contribution is -2.41. The first-order valence-electron chi connectivity index (χ1n) is 8.46. The molecule has 0 N–H and O–H groups in total. The van der Waals surface area contributed by atoms with Gasteiger partial charge in [0.15, 0.2) is 12.4 Å². The van der Waals surface area contributed by atoms with Crippen LogP contribution in [0.15, 0.2) is 34.9 Å². The van der Waals surface area contributed by atoms with E-state index in [1.807, 2.05) is 49.1 Å². The number of rotatable bonds is 5. The largest absolute Gasteiger partial charge is 0.484 e. The molecule has 3 rings (SSSR count). The van der Waals surface area contributed by atoms with Gasteiger partial charge < -0.3 is 14.2 Å². The molecule has 0 unspecified atom stereocenters. The molecule has 1 aliphatic rings. The fraction of sp³-hybridized carbons (Fsp3) is 0.500. The minimum atomic E-state index is -0.148. The van der Waals surface area contributed by atoms with Crippen LogP contribution in [0.1, 0.15) is 56.8 Å². The first-order chi connectivity index (χ1) is 11.6. The predicted molar refractivity (Wildman–Crippen MR) is 88.6 cm³/mol. The van der Waals surface area contributed by atoms with Crippen LogP contribution in [0.4, 0.5) is 0 Å². The number of hydrogen-bond donors (Lipinski definition) is 0.